The van der Waals surface area contributed by atoms with Crippen LogP contribution in [0.5, 0.6) is 0 Å². The van der Waals surface area contributed by atoms with Gasteiger partial charge in [0.25, 0.3) is 5.56 Å². The zero-order valence-corrected chi connectivity index (χ0v) is 23.0. The van der Waals surface area contributed by atoms with Crippen molar-refractivity contribution < 1.29 is 57.2 Å². The van der Waals surface area contributed by atoms with E-state index in [1.54, 1.807) is 20.9 Å². The molecule has 2 unspecified atom stereocenters. The van der Waals surface area contributed by atoms with Gasteiger partial charge in [-0.25, -0.2) is 4.98 Å². The first kappa shape index (κ1) is 29.4. The van der Waals surface area contributed by atoms with Crippen molar-refractivity contribution in [3.05, 3.63) is 52.6 Å². The molecule has 0 saturated heterocycles. The number of rotatable bonds is 12. The maximum Gasteiger partial charge on any atom is 1.00 e. The maximum atomic E-state index is 13.3. The minimum atomic E-state index is -4.60. The summed E-state index contributed by atoms with van der Waals surface area (Å²) in [5.41, 5.74) is 0.951. The fourth-order valence-electron chi connectivity index (χ4n) is 3.15. The van der Waals surface area contributed by atoms with Gasteiger partial charge in [-0.1, -0.05) is 30.3 Å². The molecule has 2 rings (SSSR count). The number of aromatic nitrogens is 2. The Labute approximate surface area is 210 Å². The number of nitrogens with zero attached hydrogens (tertiary/aromatic N) is 2. The summed E-state index contributed by atoms with van der Waals surface area (Å²) >= 11 is 0. The minimum absolute atomic E-state index is 0. The maximum absolute atomic E-state index is 13.3. The largest absolute Gasteiger partial charge is 1.00 e. The summed E-state index contributed by atoms with van der Waals surface area (Å²) in [5, 5.41) is -1.52. The summed E-state index contributed by atoms with van der Waals surface area (Å²) in [4.78, 5) is 29.8. The van der Waals surface area contributed by atoms with E-state index >= 15 is 0 Å². The summed E-state index contributed by atoms with van der Waals surface area (Å²) in [6.45, 7) is 4.67. The van der Waals surface area contributed by atoms with E-state index in [4.69, 9.17) is 13.6 Å². The van der Waals surface area contributed by atoms with E-state index in [0.717, 1.165) is 5.56 Å². The Bertz CT molecular complexity index is 1010. The molecule has 0 bridgehead atoms. The van der Waals surface area contributed by atoms with Crippen LogP contribution in [-0.2, 0) is 36.2 Å². The fraction of sp³-hybridized carbons (Fsp3) is 0.500. The topological polar surface area (TPSA) is 120 Å². The average Bonchev–Trinajstić information content (AvgIpc) is 2.71. The van der Waals surface area contributed by atoms with E-state index < -0.39 is 20.6 Å². The van der Waals surface area contributed by atoms with Crippen LogP contribution in [0.4, 0.5) is 0 Å². The molecule has 0 fully saturated rings. The van der Waals surface area contributed by atoms with Crippen molar-refractivity contribution in [2.75, 3.05) is 19.8 Å². The quantitative estimate of drug-likeness (QED) is 0.310. The normalized spacial score (nSPS) is 14.4. The van der Waals surface area contributed by atoms with Crippen LogP contribution in [0, 0.1) is 0 Å². The molecule has 0 amide bonds. The van der Waals surface area contributed by atoms with Crippen LogP contribution in [0.2, 0.25) is 0 Å². The summed E-state index contributed by atoms with van der Waals surface area (Å²) < 4.78 is 43.0. The summed E-state index contributed by atoms with van der Waals surface area (Å²) in [7, 11) is -7.07. The van der Waals surface area contributed by atoms with Gasteiger partial charge in [0.05, 0.1) is 25.5 Å². The molecule has 12 heteroatoms. The third kappa shape index (κ3) is 7.45. The molecule has 32 heavy (non-hydrogen) atoms. The summed E-state index contributed by atoms with van der Waals surface area (Å²) in [5.74, 6) is 0.354. The van der Waals surface area contributed by atoms with E-state index in [1.807, 2.05) is 30.3 Å². The molecule has 1 aromatic carbocycles. The third-order valence-corrected chi connectivity index (χ3v) is 10.1. The van der Waals surface area contributed by atoms with Crippen LogP contribution in [0.15, 0.2) is 41.2 Å². The second-order valence-electron chi connectivity index (χ2n) is 6.67. The van der Waals surface area contributed by atoms with Crippen molar-refractivity contribution in [2.24, 2.45) is 7.05 Å². The molecule has 0 N–H and O–H groups in total. The van der Waals surface area contributed by atoms with Crippen molar-refractivity contribution in [2.45, 2.75) is 39.0 Å². The predicted octanol–water partition coefficient (Wildman–Crippen LogP) is 0.566. The summed E-state index contributed by atoms with van der Waals surface area (Å²) in [6, 6.07) is 10.6. The monoisotopic (exact) mass is 494 g/mol. The van der Waals surface area contributed by atoms with Gasteiger partial charge in [-0.3, -0.25) is 13.9 Å². The molecule has 1 aromatic heterocycles. The standard InChI is InChI=1S/C20H30N2O7P2.Na/c1-5-27-30(24,25)20(31(26,28-6-2)29-7-3)14-13-18-21-17(15-19(23)22(18)4)16-11-9-8-10-12-16;/h8-12,15,20H,5-7,13-14H2,1-4H3,(H,24,25);/q;+1/p-1. The second kappa shape index (κ2) is 13.3. The molecule has 0 aliphatic carbocycles. The van der Waals surface area contributed by atoms with Crippen LogP contribution in [0.3, 0.4) is 0 Å². The Morgan fingerprint density at radius 3 is 2.12 bits per heavy atom. The molecule has 2 aromatic rings. The Morgan fingerprint density at radius 1 is 1.03 bits per heavy atom. The third-order valence-electron chi connectivity index (χ3n) is 4.58. The minimum Gasteiger partial charge on any atom is -0.778 e. The second-order valence-corrected chi connectivity index (χ2v) is 11.3. The van der Waals surface area contributed by atoms with Crippen molar-refractivity contribution in [1.82, 2.24) is 9.55 Å². The molecule has 0 radical (unpaired) electrons. The Balaban J connectivity index is 0.00000512. The first-order valence-corrected chi connectivity index (χ1v) is 13.4. The van der Waals surface area contributed by atoms with Gasteiger partial charge in [-0.2, -0.15) is 0 Å². The molecule has 1 heterocycles. The van der Waals surface area contributed by atoms with Gasteiger partial charge < -0.3 is 23.0 Å². The number of benzene rings is 1. The van der Waals surface area contributed by atoms with Gasteiger partial charge in [0.2, 0.25) is 0 Å². The van der Waals surface area contributed by atoms with E-state index in [-0.39, 0.29) is 67.8 Å². The van der Waals surface area contributed by atoms with Crippen molar-refractivity contribution >= 4 is 15.2 Å². The molecule has 9 nitrogen and oxygen atoms in total. The van der Waals surface area contributed by atoms with Crippen LogP contribution in [0.1, 0.15) is 33.0 Å². The first-order chi connectivity index (χ1) is 14.7. The number of aryl methyl sites for hydroxylation is 1. The molecule has 0 spiro atoms. The smallest absolute Gasteiger partial charge is 0.778 e. The Kier molecular flexibility index (Phi) is 12.3. The molecule has 2 atom stereocenters. The van der Waals surface area contributed by atoms with E-state index in [0.29, 0.717) is 11.5 Å². The molecular weight excluding hydrogens is 465 g/mol. The SMILES string of the molecule is CCOP(=O)([O-])C(CCc1nc(-c2ccccc2)cc(=O)n1C)P(=O)(OCC)OCC.[Na+]. The molecule has 0 saturated carbocycles. The van der Waals surface area contributed by atoms with Gasteiger partial charge >= 0.3 is 37.2 Å². The first-order valence-electron chi connectivity index (χ1n) is 10.1. The predicted molar refractivity (Wildman–Crippen MR) is 117 cm³/mol. The van der Waals surface area contributed by atoms with Crippen LogP contribution >= 0.6 is 15.2 Å². The van der Waals surface area contributed by atoms with Crippen LogP contribution in [-0.4, -0.2) is 34.8 Å². The summed E-state index contributed by atoms with van der Waals surface area (Å²) in [6.07, 6.45) is -0.0862. The fourth-order valence-corrected chi connectivity index (χ4v) is 7.70. The van der Waals surface area contributed by atoms with E-state index in [2.05, 4.69) is 4.98 Å². The number of hydrogen-bond acceptors (Lipinski definition) is 8. The molecule has 172 valence electrons. The zero-order chi connectivity index (χ0) is 23.1. The van der Waals surface area contributed by atoms with Gasteiger partial charge in [-0.15, -0.1) is 0 Å². The average molecular weight is 494 g/mol. The van der Waals surface area contributed by atoms with Crippen molar-refractivity contribution in [1.29, 1.82) is 0 Å². The van der Waals surface area contributed by atoms with Gasteiger partial charge in [0.15, 0.2) is 0 Å². The van der Waals surface area contributed by atoms with E-state index in [9.17, 15) is 18.8 Å². The zero-order valence-electron chi connectivity index (χ0n) is 19.2. The molecular formula is C20H29N2NaO7P2. The van der Waals surface area contributed by atoms with Crippen LogP contribution in [0.25, 0.3) is 11.3 Å². The Morgan fingerprint density at radius 2 is 1.59 bits per heavy atom. The molecule has 0 aliphatic rings. The number of hydrogen-bond donors (Lipinski definition) is 0. The van der Waals surface area contributed by atoms with Gasteiger partial charge in [0, 0.05) is 25.1 Å². The van der Waals surface area contributed by atoms with Crippen molar-refractivity contribution in [3.8, 4) is 11.3 Å². The van der Waals surface area contributed by atoms with Crippen molar-refractivity contribution in [3.63, 3.8) is 0 Å². The van der Waals surface area contributed by atoms with E-state index in [1.165, 1.54) is 17.6 Å². The van der Waals surface area contributed by atoms with Gasteiger partial charge in [0.1, 0.15) is 18.8 Å². The Hall–Kier alpha value is -0.600. The van der Waals surface area contributed by atoms with Crippen LogP contribution < -0.4 is 40.0 Å². The molecule has 0 aliphatic heterocycles. The van der Waals surface area contributed by atoms with Gasteiger partial charge in [-0.05, 0) is 27.2 Å².